The van der Waals surface area contributed by atoms with Crippen LogP contribution in [0.3, 0.4) is 0 Å². The quantitative estimate of drug-likeness (QED) is 0.716. The molecule has 3 rings (SSSR count). The molecule has 126 valence electrons. The number of benzene rings is 1. The van der Waals surface area contributed by atoms with Crippen molar-refractivity contribution < 1.29 is 14.3 Å². The van der Waals surface area contributed by atoms with Gasteiger partial charge in [0, 0.05) is 22.2 Å². The van der Waals surface area contributed by atoms with Gasteiger partial charge in [-0.05, 0) is 30.0 Å². The molecule has 1 unspecified atom stereocenters. The second-order valence-electron chi connectivity index (χ2n) is 5.80. The van der Waals surface area contributed by atoms with Gasteiger partial charge in [0.1, 0.15) is 11.3 Å². The highest BCUT2D eigenvalue weighted by Crippen LogP contribution is 2.28. The van der Waals surface area contributed by atoms with Crippen LogP contribution in [0.4, 0.5) is 0 Å². The maximum absolute atomic E-state index is 12.5. The summed E-state index contributed by atoms with van der Waals surface area (Å²) in [5, 5.41) is 15.5. The zero-order valence-corrected chi connectivity index (χ0v) is 14.7. The highest BCUT2D eigenvalue weighted by Gasteiger charge is 2.20. The zero-order chi connectivity index (χ0) is 17.1. The van der Waals surface area contributed by atoms with Crippen LogP contribution in [0.15, 0.2) is 40.1 Å². The number of aryl methyl sites for hydroxylation is 2. The smallest absolute Gasteiger partial charge is 0.225 e. The molecule has 3 aromatic rings. The Morgan fingerprint density at radius 2 is 2.12 bits per heavy atom. The van der Waals surface area contributed by atoms with Gasteiger partial charge in [-0.15, -0.1) is 11.3 Å². The van der Waals surface area contributed by atoms with Gasteiger partial charge >= 0.3 is 0 Å². The van der Waals surface area contributed by atoms with E-state index in [1.54, 1.807) is 11.3 Å². The Bertz CT molecular complexity index is 849. The Hall–Kier alpha value is -2.11. The van der Waals surface area contributed by atoms with Crippen LogP contribution < -0.4 is 5.32 Å². The predicted octanol–water partition coefficient (Wildman–Crippen LogP) is 3.76. The summed E-state index contributed by atoms with van der Waals surface area (Å²) < 4.78 is 5.84. The minimum atomic E-state index is -0.360. The first-order valence-corrected chi connectivity index (χ1v) is 8.95. The molecule has 2 heterocycles. The van der Waals surface area contributed by atoms with E-state index in [0.29, 0.717) is 0 Å². The number of hydrogen-bond acceptors (Lipinski definition) is 4. The molecule has 0 spiro atoms. The van der Waals surface area contributed by atoms with E-state index >= 15 is 0 Å². The van der Waals surface area contributed by atoms with Gasteiger partial charge in [-0.1, -0.05) is 25.1 Å². The lowest BCUT2D eigenvalue weighted by Gasteiger charge is -2.16. The second kappa shape index (κ2) is 7.20. The Labute approximate surface area is 145 Å². The molecular formula is C19H21NO3S. The first-order valence-electron chi connectivity index (χ1n) is 8.07. The van der Waals surface area contributed by atoms with Crippen LogP contribution in [0.1, 0.15) is 34.7 Å². The van der Waals surface area contributed by atoms with Crippen molar-refractivity contribution in [3.05, 3.63) is 57.5 Å². The summed E-state index contributed by atoms with van der Waals surface area (Å²) in [4.78, 5) is 13.5. The van der Waals surface area contributed by atoms with Crippen LogP contribution in [0.25, 0.3) is 11.0 Å². The molecule has 4 nitrogen and oxygen atoms in total. The number of nitrogens with one attached hydrogen (secondary N) is 1. The average molecular weight is 343 g/mol. The second-order valence-corrected chi connectivity index (χ2v) is 6.75. The number of aliphatic hydroxyl groups excluding tert-OH is 1. The standard InChI is InChI=1S/C19H21NO3S/c1-3-16-14(13-6-4-5-7-17(13)23-16)10-18(22)20-15(11-21)19-12(2)8-9-24-19/h4-9,15,21H,3,10-11H2,1-2H3,(H,20,22). The fraction of sp³-hybridized carbons (Fsp3) is 0.316. The van der Waals surface area contributed by atoms with Gasteiger partial charge in [-0.3, -0.25) is 4.79 Å². The average Bonchev–Trinajstić information content (AvgIpc) is 3.16. The molecule has 1 aromatic carbocycles. The van der Waals surface area contributed by atoms with E-state index in [0.717, 1.165) is 39.2 Å². The molecule has 2 aromatic heterocycles. The van der Waals surface area contributed by atoms with Crippen LogP contribution in [0.2, 0.25) is 0 Å². The molecule has 0 fully saturated rings. The Morgan fingerprint density at radius 1 is 1.33 bits per heavy atom. The molecule has 24 heavy (non-hydrogen) atoms. The first-order chi connectivity index (χ1) is 11.6. The van der Waals surface area contributed by atoms with Crippen molar-refractivity contribution in [3.63, 3.8) is 0 Å². The number of furan rings is 1. The van der Waals surface area contributed by atoms with Crippen molar-refractivity contribution in [2.75, 3.05) is 6.61 Å². The van der Waals surface area contributed by atoms with Crippen LogP contribution in [-0.2, 0) is 17.6 Å². The lowest BCUT2D eigenvalue weighted by atomic mass is 10.1. The first kappa shape index (κ1) is 16.7. The molecule has 1 atom stereocenters. The largest absolute Gasteiger partial charge is 0.461 e. The van der Waals surface area contributed by atoms with Crippen LogP contribution in [0.5, 0.6) is 0 Å². The van der Waals surface area contributed by atoms with E-state index in [1.165, 1.54) is 0 Å². The van der Waals surface area contributed by atoms with Gasteiger partial charge in [-0.2, -0.15) is 0 Å². The van der Waals surface area contributed by atoms with Gasteiger partial charge in [0.05, 0.1) is 19.1 Å². The number of rotatable bonds is 6. The van der Waals surface area contributed by atoms with Crippen molar-refractivity contribution >= 4 is 28.2 Å². The van der Waals surface area contributed by atoms with E-state index in [2.05, 4.69) is 5.32 Å². The number of carbonyl (C=O) groups excluding carboxylic acids is 1. The summed E-state index contributed by atoms with van der Waals surface area (Å²) in [6, 6.07) is 9.41. The molecule has 1 amide bonds. The molecule has 0 aliphatic heterocycles. The number of carbonyl (C=O) groups is 1. The van der Waals surface area contributed by atoms with E-state index in [1.807, 2.05) is 49.6 Å². The zero-order valence-electron chi connectivity index (χ0n) is 13.8. The van der Waals surface area contributed by atoms with Crippen molar-refractivity contribution in [3.8, 4) is 0 Å². The number of aliphatic hydroxyl groups is 1. The Morgan fingerprint density at radius 3 is 2.79 bits per heavy atom. The van der Waals surface area contributed by atoms with E-state index in [9.17, 15) is 9.90 Å². The molecule has 2 N–H and O–H groups in total. The lowest BCUT2D eigenvalue weighted by Crippen LogP contribution is -2.32. The summed E-state index contributed by atoms with van der Waals surface area (Å²) in [5.74, 6) is 0.738. The van der Waals surface area contributed by atoms with Gasteiger partial charge in [-0.25, -0.2) is 0 Å². The third-order valence-electron chi connectivity index (χ3n) is 4.18. The molecule has 5 heteroatoms. The third kappa shape index (κ3) is 3.23. The summed E-state index contributed by atoms with van der Waals surface area (Å²) in [6.07, 6.45) is 0.992. The Balaban J connectivity index is 1.81. The molecule has 0 bridgehead atoms. The maximum atomic E-state index is 12.5. The molecule has 0 saturated heterocycles. The van der Waals surface area contributed by atoms with Crippen molar-refractivity contribution in [1.29, 1.82) is 0 Å². The fourth-order valence-electron chi connectivity index (χ4n) is 2.97. The monoisotopic (exact) mass is 343 g/mol. The number of para-hydroxylation sites is 1. The van der Waals surface area contributed by atoms with Gasteiger partial charge < -0.3 is 14.8 Å². The fourth-order valence-corrected chi connectivity index (χ4v) is 3.94. The van der Waals surface area contributed by atoms with Crippen LogP contribution in [-0.4, -0.2) is 17.6 Å². The van der Waals surface area contributed by atoms with Gasteiger partial charge in [0.2, 0.25) is 5.91 Å². The minimum absolute atomic E-state index is 0.108. The van der Waals surface area contributed by atoms with Crippen LogP contribution >= 0.6 is 11.3 Å². The summed E-state index contributed by atoms with van der Waals surface area (Å²) in [6.45, 7) is 3.89. The molecule has 0 saturated carbocycles. The Kier molecular flexibility index (Phi) is 5.02. The number of hydrogen-bond donors (Lipinski definition) is 2. The minimum Gasteiger partial charge on any atom is -0.461 e. The van der Waals surface area contributed by atoms with Gasteiger partial charge in [0.25, 0.3) is 0 Å². The molecule has 0 aliphatic carbocycles. The number of fused-ring (bicyclic) bond motifs is 1. The van der Waals surface area contributed by atoms with E-state index in [-0.39, 0.29) is 25.0 Å². The van der Waals surface area contributed by atoms with Crippen molar-refractivity contribution in [2.24, 2.45) is 0 Å². The molecular weight excluding hydrogens is 322 g/mol. The number of thiophene rings is 1. The van der Waals surface area contributed by atoms with Gasteiger partial charge in [0.15, 0.2) is 0 Å². The highest BCUT2D eigenvalue weighted by molar-refractivity contribution is 7.10. The SMILES string of the molecule is CCc1oc2ccccc2c1CC(=O)NC(CO)c1sccc1C. The number of amides is 1. The summed E-state index contributed by atoms with van der Waals surface area (Å²) in [5.41, 5.74) is 2.83. The van der Waals surface area contributed by atoms with E-state index in [4.69, 9.17) is 4.42 Å². The predicted molar refractivity (Wildman–Crippen MR) is 96.3 cm³/mol. The van der Waals surface area contributed by atoms with Crippen LogP contribution in [0, 0.1) is 6.92 Å². The lowest BCUT2D eigenvalue weighted by molar-refractivity contribution is -0.121. The van der Waals surface area contributed by atoms with E-state index < -0.39 is 0 Å². The highest BCUT2D eigenvalue weighted by atomic mass is 32.1. The molecule has 0 radical (unpaired) electrons. The molecule has 0 aliphatic rings. The van der Waals surface area contributed by atoms with Crippen molar-refractivity contribution in [2.45, 2.75) is 32.7 Å². The summed E-state index contributed by atoms with van der Waals surface area (Å²) >= 11 is 1.55. The topological polar surface area (TPSA) is 62.5 Å². The summed E-state index contributed by atoms with van der Waals surface area (Å²) in [7, 11) is 0. The maximum Gasteiger partial charge on any atom is 0.225 e. The van der Waals surface area contributed by atoms with Crippen molar-refractivity contribution in [1.82, 2.24) is 5.32 Å². The third-order valence-corrected chi connectivity index (χ3v) is 5.31. The normalized spacial score (nSPS) is 12.5.